The van der Waals surface area contributed by atoms with Crippen LogP contribution in [0.4, 0.5) is 11.6 Å². The average molecular weight is 521 g/mol. The number of carbonyl (C=O) groups excluding carboxylic acids is 1. The minimum Gasteiger partial charge on any atom is -0.497 e. The molecule has 206 valence electrons. The van der Waals surface area contributed by atoms with E-state index in [0.717, 1.165) is 86.8 Å². The van der Waals surface area contributed by atoms with Crippen LogP contribution in [0.5, 0.6) is 5.75 Å². The SMILES string of the molecule is CCCCN(CCCC)C(=O)c1ccc2nc(Nc3ccc(OC)cc3)n(CCCN3CCCCC3)c2n1. The third kappa shape index (κ3) is 7.25. The number of anilines is 2. The molecule has 38 heavy (non-hydrogen) atoms. The molecule has 1 fully saturated rings. The number of nitrogens with one attached hydrogen (secondary N) is 1. The van der Waals surface area contributed by atoms with E-state index in [0.29, 0.717) is 5.69 Å². The van der Waals surface area contributed by atoms with Crippen LogP contribution in [0.15, 0.2) is 36.4 Å². The lowest BCUT2D eigenvalue weighted by Gasteiger charge is -2.26. The largest absolute Gasteiger partial charge is 0.497 e. The molecule has 4 rings (SSSR count). The van der Waals surface area contributed by atoms with Crippen molar-refractivity contribution in [1.82, 2.24) is 24.3 Å². The molecule has 0 bridgehead atoms. The lowest BCUT2D eigenvalue weighted by Crippen LogP contribution is -2.33. The molecule has 0 aliphatic carbocycles. The maximum Gasteiger partial charge on any atom is 0.272 e. The second-order valence-electron chi connectivity index (χ2n) is 10.2. The maximum absolute atomic E-state index is 13.5. The van der Waals surface area contributed by atoms with Gasteiger partial charge >= 0.3 is 0 Å². The molecular formula is C30H44N6O2. The third-order valence-corrected chi connectivity index (χ3v) is 7.31. The van der Waals surface area contributed by atoms with Gasteiger partial charge in [-0.3, -0.25) is 9.36 Å². The number of amides is 1. The first kappa shape index (κ1) is 27.9. The number of unbranched alkanes of at least 4 members (excludes halogenated alkanes) is 2. The highest BCUT2D eigenvalue weighted by Gasteiger charge is 2.20. The van der Waals surface area contributed by atoms with Gasteiger partial charge in [-0.25, -0.2) is 9.97 Å². The Labute approximate surface area is 227 Å². The first-order chi connectivity index (χ1) is 18.6. The summed E-state index contributed by atoms with van der Waals surface area (Å²) in [5.74, 6) is 1.57. The van der Waals surface area contributed by atoms with Crippen molar-refractivity contribution in [2.24, 2.45) is 0 Å². The number of benzene rings is 1. The zero-order valence-corrected chi connectivity index (χ0v) is 23.4. The van der Waals surface area contributed by atoms with Gasteiger partial charge in [-0.2, -0.15) is 0 Å². The number of piperidine rings is 1. The van der Waals surface area contributed by atoms with E-state index in [2.05, 4.69) is 28.6 Å². The van der Waals surface area contributed by atoms with Crippen LogP contribution in [-0.4, -0.2) is 70.1 Å². The van der Waals surface area contributed by atoms with E-state index in [4.69, 9.17) is 14.7 Å². The number of imidazole rings is 1. The summed E-state index contributed by atoms with van der Waals surface area (Å²) in [7, 11) is 1.67. The Morgan fingerprint density at radius 1 is 0.921 bits per heavy atom. The molecule has 0 unspecified atom stereocenters. The third-order valence-electron chi connectivity index (χ3n) is 7.31. The van der Waals surface area contributed by atoms with Gasteiger partial charge in [-0.15, -0.1) is 0 Å². The molecule has 8 nitrogen and oxygen atoms in total. The summed E-state index contributed by atoms with van der Waals surface area (Å²) in [6.07, 6.45) is 9.05. The zero-order chi connectivity index (χ0) is 26.7. The number of aryl methyl sites for hydroxylation is 1. The number of ether oxygens (including phenoxy) is 1. The standard InChI is InChI=1S/C30H44N6O2/c1-4-6-21-35(22-7-5-2)29(37)27-17-16-26-28(32-27)36(23-11-20-34-18-9-8-10-19-34)30(33-26)31-24-12-14-25(38-3)15-13-24/h12-17H,4-11,18-23H2,1-3H3,(H,31,33). The molecule has 0 saturated carbocycles. The minimum atomic E-state index is 0.0135. The topological polar surface area (TPSA) is 75.5 Å². The average Bonchev–Trinajstić information content (AvgIpc) is 3.29. The van der Waals surface area contributed by atoms with E-state index in [1.165, 1.54) is 32.4 Å². The molecule has 1 amide bonds. The van der Waals surface area contributed by atoms with Crippen molar-refractivity contribution in [3.05, 3.63) is 42.1 Å². The number of fused-ring (bicyclic) bond motifs is 1. The fourth-order valence-electron chi connectivity index (χ4n) is 5.04. The Bertz CT molecular complexity index is 1150. The molecule has 1 aromatic carbocycles. The number of nitrogens with zero attached hydrogens (tertiary/aromatic N) is 5. The number of hydrogen-bond donors (Lipinski definition) is 1. The minimum absolute atomic E-state index is 0.0135. The van der Waals surface area contributed by atoms with Gasteiger partial charge in [0, 0.05) is 25.3 Å². The molecule has 0 atom stereocenters. The zero-order valence-electron chi connectivity index (χ0n) is 23.4. The summed E-state index contributed by atoms with van der Waals surface area (Å²) in [5, 5.41) is 3.48. The van der Waals surface area contributed by atoms with Crippen molar-refractivity contribution in [1.29, 1.82) is 0 Å². The van der Waals surface area contributed by atoms with Crippen LogP contribution in [0.3, 0.4) is 0 Å². The predicted molar refractivity (Wildman–Crippen MR) is 154 cm³/mol. The molecule has 1 aliphatic heterocycles. The lowest BCUT2D eigenvalue weighted by atomic mass is 10.1. The molecule has 3 heterocycles. The van der Waals surface area contributed by atoms with Crippen molar-refractivity contribution in [2.75, 3.05) is 45.2 Å². The number of pyridine rings is 1. The first-order valence-corrected chi connectivity index (χ1v) is 14.4. The number of likely N-dealkylation sites (tertiary alicyclic amines) is 1. The highest BCUT2D eigenvalue weighted by atomic mass is 16.5. The highest BCUT2D eigenvalue weighted by Crippen LogP contribution is 2.25. The fraction of sp³-hybridized carbons (Fsp3) is 0.567. The Morgan fingerprint density at radius 2 is 1.63 bits per heavy atom. The summed E-state index contributed by atoms with van der Waals surface area (Å²) in [4.78, 5) is 27.8. The van der Waals surface area contributed by atoms with Crippen LogP contribution in [0.1, 0.15) is 75.7 Å². The van der Waals surface area contributed by atoms with Crippen LogP contribution in [0, 0.1) is 0 Å². The summed E-state index contributed by atoms with van der Waals surface area (Å²) < 4.78 is 7.45. The molecule has 1 aliphatic rings. The van der Waals surface area contributed by atoms with Crippen molar-refractivity contribution in [2.45, 2.75) is 71.8 Å². The number of carbonyl (C=O) groups is 1. The van der Waals surface area contributed by atoms with Crippen LogP contribution in [-0.2, 0) is 6.54 Å². The van der Waals surface area contributed by atoms with Crippen molar-refractivity contribution >= 4 is 28.7 Å². The van der Waals surface area contributed by atoms with Gasteiger partial charge < -0.3 is 19.9 Å². The van der Waals surface area contributed by atoms with Crippen LogP contribution in [0.25, 0.3) is 11.2 Å². The fourth-order valence-corrected chi connectivity index (χ4v) is 5.04. The summed E-state index contributed by atoms with van der Waals surface area (Å²) in [6, 6.07) is 11.6. The van der Waals surface area contributed by atoms with E-state index >= 15 is 0 Å². The monoisotopic (exact) mass is 520 g/mol. The van der Waals surface area contributed by atoms with Gasteiger partial charge in [0.15, 0.2) is 5.65 Å². The van der Waals surface area contributed by atoms with Crippen LogP contribution >= 0.6 is 0 Å². The predicted octanol–water partition coefficient (Wildman–Crippen LogP) is 6.10. The maximum atomic E-state index is 13.5. The first-order valence-electron chi connectivity index (χ1n) is 14.4. The van der Waals surface area contributed by atoms with Gasteiger partial charge in [0.25, 0.3) is 5.91 Å². The molecule has 8 heteroatoms. The molecule has 3 aromatic rings. The molecule has 1 N–H and O–H groups in total. The second kappa shape index (κ2) is 14.1. The Balaban J connectivity index is 1.60. The second-order valence-corrected chi connectivity index (χ2v) is 10.2. The van der Waals surface area contributed by atoms with Crippen molar-refractivity contribution in [3.8, 4) is 5.75 Å². The van der Waals surface area contributed by atoms with E-state index in [9.17, 15) is 4.79 Å². The van der Waals surface area contributed by atoms with Crippen molar-refractivity contribution < 1.29 is 9.53 Å². The smallest absolute Gasteiger partial charge is 0.272 e. The van der Waals surface area contributed by atoms with E-state index in [1.54, 1.807) is 7.11 Å². The van der Waals surface area contributed by atoms with Gasteiger partial charge in [0.05, 0.1) is 7.11 Å². The van der Waals surface area contributed by atoms with Crippen LogP contribution in [0.2, 0.25) is 0 Å². The summed E-state index contributed by atoms with van der Waals surface area (Å²) in [5.41, 5.74) is 2.98. The number of methoxy groups -OCH3 is 1. The Hall–Kier alpha value is -3.13. The normalized spacial score (nSPS) is 14.1. The summed E-state index contributed by atoms with van der Waals surface area (Å²) >= 11 is 0. The van der Waals surface area contributed by atoms with E-state index in [-0.39, 0.29) is 5.91 Å². The number of rotatable bonds is 14. The highest BCUT2D eigenvalue weighted by molar-refractivity contribution is 5.94. The van der Waals surface area contributed by atoms with Gasteiger partial charge in [0.2, 0.25) is 5.95 Å². The van der Waals surface area contributed by atoms with Gasteiger partial charge in [0.1, 0.15) is 17.0 Å². The summed E-state index contributed by atoms with van der Waals surface area (Å²) in [6.45, 7) is 10.1. The van der Waals surface area contributed by atoms with E-state index in [1.807, 2.05) is 41.3 Å². The molecule has 2 aromatic heterocycles. The Kier molecular flexibility index (Phi) is 10.4. The Morgan fingerprint density at radius 3 is 2.29 bits per heavy atom. The molecule has 1 saturated heterocycles. The molecule has 0 spiro atoms. The van der Waals surface area contributed by atoms with Crippen molar-refractivity contribution in [3.63, 3.8) is 0 Å². The number of aromatic nitrogens is 3. The number of hydrogen-bond acceptors (Lipinski definition) is 6. The lowest BCUT2D eigenvalue weighted by molar-refractivity contribution is 0.0745. The molecule has 0 radical (unpaired) electrons. The van der Waals surface area contributed by atoms with Gasteiger partial charge in [-0.05, 0) is 88.1 Å². The van der Waals surface area contributed by atoms with Crippen LogP contribution < -0.4 is 10.1 Å². The quantitative estimate of drug-likeness (QED) is 0.277. The van der Waals surface area contributed by atoms with Gasteiger partial charge in [-0.1, -0.05) is 33.1 Å². The molecular weight excluding hydrogens is 476 g/mol. The van der Waals surface area contributed by atoms with E-state index < -0.39 is 0 Å².